The molecule has 0 bridgehead atoms. The predicted molar refractivity (Wildman–Crippen MR) is 128 cm³/mol. The number of nitrogens with zero attached hydrogens (tertiary/aromatic N) is 5. The normalized spacial score (nSPS) is 10.8. The van der Waals surface area contributed by atoms with Gasteiger partial charge in [0.05, 0.1) is 5.69 Å². The van der Waals surface area contributed by atoms with E-state index in [1.54, 1.807) is 22.8 Å². The van der Waals surface area contributed by atoms with Gasteiger partial charge in [-0.2, -0.15) is 9.61 Å². The number of aromatic nitrogens is 5. The van der Waals surface area contributed by atoms with Gasteiger partial charge in [-0.05, 0) is 61.0 Å². The lowest BCUT2D eigenvalue weighted by Gasteiger charge is -2.10. The van der Waals surface area contributed by atoms with E-state index in [9.17, 15) is 4.79 Å². The lowest BCUT2D eigenvalue weighted by atomic mass is 10.1. The summed E-state index contributed by atoms with van der Waals surface area (Å²) in [5.74, 6) is 0.554. The van der Waals surface area contributed by atoms with Gasteiger partial charge in [0.25, 0.3) is 0 Å². The number of hydrogen-bond donors (Lipinski definition) is 2. The van der Waals surface area contributed by atoms with Crippen LogP contribution in [-0.4, -0.2) is 30.8 Å². The van der Waals surface area contributed by atoms with Gasteiger partial charge >= 0.3 is 6.03 Å². The maximum Gasteiger partial charge on any atom is 0.323 e. The van der Waals surface area contributed by atoms with Gasteiger partial charge in [-0.25, -0.2) is 4.79 Å². The van der Waals surface area contributed by atoms with Crippen molar-refractivity contribution in [3.05, 3.63) is 89.6 Å². The number of pyridine rings is 1. The molecule has 0 fully saturated rings. The van der Waals surface area contributed by atoms with Crippen LogP contribution in [0, 0.1) is 6.92 Å². The first-order valence-corrected chi connectivity index (χ1v) is 10.5. The summed E-state index contributed by atoms with van der Waals surface area (Å²) in [6, 6.07) is 21.7. The number of fused-ring (bicyclic) bond motifs is 1. The molecule has 0 atom stereocenters. The molecule has 5 rings (SSSR count). The lowest BCUT2D eigenvalue weighted by molar-refractivity contribution is 0.262. The van der Waals surface area contributed by atoms with E-state index >= 15 is 0 Å². The first kappa shape index (κ1) is 20.6. The molecule has 0 spiro atoms. The van der Waals surface area contributed by atoms with Gasteiger partial charge in [0.15, 0.2) is 5.65 Å². The molecule has 3 aromatic heterocycles. The third-order valence-corrected chi connectivity index (χ3v) is 5.41. The topological polar surface area (TPSA) is 97.1 Å². The highest BCUT2D eigenvalue weighted by molar-refractivity contribution is 6.31. The van der Waals surface area contributed by atoms with E-state index < -0.39 is 0 Å². The van der Waals surface area contributed by atoms with Crippen molar-refractivity contribution in [1.82, 2.24) is 24.8 Å². The molecule has 0 aliphatic rings. The van der Waals surface area contributed by atoms with Crippen molar-refractivity contribution >= 4 is 34.7 Å². The quantitative estimate of drug-likeness (QED) is 0.375. The number of carbonyl (C=O) groups excluding carboxylic acids is 1. The van der Waals surface area contributed by atoms with E-state index in [0.717, 1.165) is 11.1 Å². The van der Waals surface area contributed by atoms with Crippen LogP contribution in [-0.2, 0) is 0 Å². The SMILES string of the molecule is Cc1ccc(NC(=O)Nc2cccc(-c3ccc4nnc(-c5ccccn5)n4n3)c2)cc1Cl. The smallest absolute Gasteiger partial charge is 0.308 e. The summed E-state index contributed by atoms with van der Waals surface area (Å²) in [5.41, 5.74) is 5.00. The Morgan fingerprint density at radius 1 is 0.879 bits per heavy atom. The number of halogens is 1. The fourth-order valence-electron chi connectivity index (χ4n) is 3.32. The second kappa shape index (κ2) is 8.68. The number of carbonyl (C=O) groups is 1. The minimum atomic E-state index is -0.369. The first-order valence-electron chi connectivity index (χ1n) is 10.2. The monoisotopic (exact) mass is 455 g/mol. The van der Waals surface area contributed by atoms with Gasteiger partial charge in [0.2, 0.25) is 5.82 Å². The average molecular weight is 456 g/mol. The summed E-state index contributed by atoms with van der Waals surface area (Å²) in [6.07, 6.45) is 1.70. The molecule has 2 N–H and O–H groups in total. The van der Waals surface area contributed by atoms with Crippen LogP contribution in [0.15, 0.2) is 79.0 Å². The molecule has 0 aliphatic carbocycles. The Labute approximate surface area is 194 Å². The molecule has 0 unspecified atom stereocenters. The van der Waals surface area contributed by atoms with Crippen molar-refractivity contribution in [2.45, 2.75) is 6.92 Å². The van der Waals surface area contributed by atoms with E-state index in [4.69, 9.17) is 16.7 Å². The summed E-state index contributed by atoms with van der Waals surface area (Å²) in [7, 11) is 0. The van der Waals surface area contributed by atoms with E-state index in [1.807, 2.05) is 67.6 Å². The summed E-state index contributed by atoms with van der Waals surface area (Å²) in [4.78, 5) is 16.8. The van der Waals surface area contributed by atoms with Crippen molar-refractivity contribution in [3.8, 4) is 22.8 Å². The molecule has 0 radical (unpaired) electrons. The molecule has 5 aromatic rings. The van der Waals surface area contributed by atoms with Gasteiger partial charge in [-0.15, -0.1) is 10.2 Å². The van der Waals surface area contributed by atoms with Gasteiger partial charge in [-0.1, -0.05) is 35.9 Å². The number of benzene rings is 2. The molecule has 0 aliphatic heterocycles. The fourth-order valence-corrected chi connectivity index (χ4v) is 3.50. The van der Waals surface area contributed by atoms with Gasteiger partial charge in [-0.3, -0.25) is 4.98 Å². The Morgan fingerprint density at radius 2 is 1.73 bits per heavy atom. The largest absolute Gasteiger partial charge is 0.323 e. The number of urea groups is 1. The Balaban J connectivity index is 1.39. The first-order chi connectivity index (χ1) is 16.1. The number of hydrogen-bond acceptors (Lipinski definition) is 5. The van der Waals surface area contributed by atoms with Gasteiger partial charge < -0.3 is 10.6 Å². The van der Waals surface area contributed by atoms with E-state index in [1.165, 1.54) is 0 Å². The van der Waals surface area contributed by atoms with Crippen LogP contribution >= 0.6 is 11.6 Å². The van der Waals surface area contributed by atoms with Gasteiger partial charge in [0.1, 0.15) is 5.69 Å². The molecule has 3 heterocycles. The molecule has 2 amide bonds. The van der Waals surface area contributed by atoms with Crippen LogP contribution in [0.25, 0.3) is 28.4 Å². The maximum atomic E-state index is 12.5. The predicted octanol–water partition coefficient (Wildman–Crippen LogP) is 5.46. The molecule has 162 valence electrons. The highest BCUT2D eigenvalue weighted by Gasteiger charge is 2.12. The lowest BCUT2D eigenvalue weighted by Crippen LogP contribution is -2.19. The van der Waals surface area contributed by atoms with Crippen molar-refractivity contribution in [1.29, 1.82) is 0 Å². The number of amides is 2. The summed E-state index contributed by atoms with van der Waals surface area (Å²) in [5, 5.41) is 19.3. The molecular formula is C24H18ClN7O. The van der Waals surface area contributed by atoms with Crippen LogP contribution in [0.2, 0.25) is 5.02 Å². The highest BCUT2D eigenvalue weighted by Crippen LogP contribution is 2.24. The van der Waals surface area contributed by atoms with E-state index in [0.29, 0.717) is 39.3 Å². The molecule has 9 heteroatoms. The molecule has 33 heavy (non-hydrogen) atoms. The fraction of sp³-hybridized carbons (Fsp3) is 0.0417. The number of rotatable bonds is 4. The third-order valence-electron chi connectivity index (χ3n) is 5.00. The van der Waals surface area contributed by atoms with Crippen molar-refractivity contribution in [2.24, 2.45) is 0 Å². The van der Waals surface area contributed by atoms with Crippen LogP contribution < -0.4 is 10.6 Å². The van der Waals surface area contributed by atoms with Crippen molar-refractivity contribution < 1.29 is 4.79 Å². The van der Waals surface area contributed by atoms with Crippen molar-refractivity contribution in [2.75, 3.05) is 10.6 Å². The molecule has 8 nitrogen and oxygen atoms in total. The average Bonchev–Trinajstić information content (AvgIpc) is 3.25. The van der Waals surface area contributed by atoms with Gasteiger partial charge in [0, 0.05) is 28.2 Å². The van der Waals surface area contributed by atoms with Crippen LogP contribution in [0.3, 0.4) is 0 Å². The third kappa shape index (κ3) is 4.37. The zero-order valence-electron chi connectivity index (χ0n) is 17.5. The van der Waals surface area contributed by atoms with Crippen LogP contribution in [0.4, 0.5) is 16.2 Å². The Kier molecular flexibility index (Phi) is 5.42. The molecule has 2 aromatic carbocycles. The van der Waals surface area contributed by atoms with Crippen LogP contribution in [0.1, 0.15) is 5.56 Å². The zero-order valence-corrected chi connectivity index (χ0v) is 18.3. The van der Waals surface area contributed by atoms with E-state index in [-0.39, 0.29) is 6.03 Å². The second-order valence-corrected chi connectivity index (χ2v) is 7.76. The maximum absolute atomic E-state index is 12.5. The number of nitrogens with one attached hydrogen (secondary N) is 2. The Bertz CT molecular complexity index is 1470. The summed E-state index contributed by atoms with van der Waals surface area (Å²) < 4.78 is 1.66. The number of aryl methyl sites for hydroxylation is 1. The number of anilines is 2. The summed E-state index contributed by atoms with van der Waals surface area (Å²) in [6.45, 7) is 1.90. The highest BCUT2D eigenvalue weighted by atomic mass is 35.5. The second-order valence-electron chi connectivity index (χ2n) is 7.35. The molecular weight excluding hydrogens is 438 g/mol. The minimum Gasteiger partial charge on any atom is -0.308 e. The summed E-state index contributed by atoms with van der Waals surface area (Å²) >= 11 is 6.14. The zero-order chi connectivity index (χ0) is 22.8. The Hall–Kier alpha value is -4.30. The standard InChI is InChI=1S/C24H18ClN7O/c1-15-8-9-18(14-19(15)25)28-24(33)27-17-6-4-5-16(13-17)20-10-11-22-29-30-23(32(22)31-20)21-7-2-3-12-26-21/h2-14H,1H3,(H2,27,28,33). The van der Waals surface area contributed by atoms with E-state index in [2.05, 4.69) is 25.8 Å². The van der Waals surface area contributed by atoms with Crippen LogP contribution in [0.5, 0.6) is 0 Å². The van der Waals surface area contributed by atoms with Crippen molar-refractivity contribution in [3.63, 3.8) is 0 Å². The Morgan fingerprint density at radius 3 is 2.52 bits per heavy atom. The molecule has 0 saturated heterocycles. The minimum absolute atomic E-state index is 0.369. The molecule has 0 saturated carbocycles.